The van der Waals surface area contributed by atoms with Gasteiger partial charge in [0.25, 0.3) is 0 Å². The number of carbonyl (C=O) groups is 1. The number of hydrogen-bond acceptors (Lipinski definition) is 5. The third kappa shape index (κ3) is 5.64. The summed E-state index contributed by atoms with van der Waals surface area (Å²) in [6.07, 6.45) is 0. The highest BCUT2D eigenvalue weighted by atomic mass is 16.6. The highest BCUT2D eigenvalue weighted by Crippen LogP contribution is 2.29. The second-order valence-corrected chi connectivity index (χ2v) is 8.13. The molecule has 0 spiro atoms. The Morgan fingerprint density at radius 3 is 2.19 bits per heavy atom. The number of nitrogens with zero attached hydrogens (tertiary/aromatic N) is 1. The molecule has 0 aliphatic carbocycles. The van der Waals surface area contributed by atoms with Gasteiger partial charge in [0.1, 0.15) is 12.4 Å². The second kappa shape index (κ2) is 9.36. The van der Waals surface area contributed by atoms with Gasteiger partial charge in [-0.2, -0.15) is 5.26 Å². The molecule has 3 aromatic rings. The molecular formula is C26H25NO4. The molecule has 0 amide bonds. The Bertz CT molecular complexity index is 1090. The largest absolute Gasteiger partial charge is 0.493 e. The smallest absolute Gasteiger partial charge is 0.343 e. The minimum absolute atomic E-state index is 0.102. The first-order valence-corrected chi connectivity index (χ1v) is 9.93. The molecule has 0 aromatic heterocycles. The summed E-state index contributed by atoms with van der Waals surface area (Å²) in [7, 11) is 1.46. The molecule has 0 bridgehead atoms. The van der Waals surface area contributed by atoms with E-state index in [4.69, 9.17) is 19.5 Å². The number of ether oxygens (including phenoxy) is 3. The van der Waals surface area contributed by atoms with Crippen LogP contribution in [0.4, 0.5) is 0 Å². The van der Waals surface area contributed by atoms with Gasteiger partial charge in [-0.05, 0) is 52.9 Å². The van der Waals surface area contributed by atoms with Crippen LogP contribution in [0.15, 0.2) is 66.7 Å². The average molecular weight is 415 g/mol. The molecule has 0 fully saturated rings. The van der Waals surface area contributed by atoms with Crippen LogP contribution >= 0.6 is 0 Å². The van der Waals surface area contributed by atoms with Gasteiger partial charge in [-0.15, -0.1) is 0 Å². The molecule has 3 rings (SSSR count). The van der Waals surface area contributed by atoms with E-state index in [9.17, 15) is 4.79 Å². The minimum Gasteiger partial charge on any atom is -0.493 e. The molecule has 3 aromatic carbocycles. The Balaban J connectivity index is 1.61. The standard InChI is InChI=1S/C26H25NO4/c1-26(2,3)21-10-12-22(13-11-21)30-17-18-5-8-20(9-6-18)25(28)31-23-14-7-19(16-27)15-24(23)29-4/h5-15H,17H2,1-4H3. The van der Waals surface area contributed by atoms with Gasteiger partial charge in [-0.1, -0.05) is 45.0 Å². The van der Waals surface area contributed by atoms with E-state index in [0.717, 1.165) is 11.3 Å². The highest BCUT2D eigenvalue weighted by molar-refractivity contribution is 5.91. The van der Waals surface area contributed by atoms with Crippen molar-refractivity contribution in [1.29, 1.82) is 5.26 Å². The summed E-state index contributed by atoms with van der Waals surface area (Å²) in [4.78, 5) is 12.5. The van der Waals surface area contributed by atoms with Crippen molar-refractivity contribution >= 4 is 5.97 Å². The zero-order chi connectivity index (χ0) is 22.4. The van der Waals surface area contributed by atoms with Gasteiger partial charge in [0.2, 0.25) is 0 Å². The summed E-state index contributed by atoms with van der Waals surface area (Å²) in [6.45, 7) is 6.92. The van der Waals surface area contributed by atoms with Gasteiger partial charge in [0.15, 0.2) is 11.5 Å². The van der Waals surface area contributed by atoms with E-state index in [1.54, 1.807) is 24.3 Å². The topological polar surface area (TPSA) is 68.5 Å². The van der Waals surface area contributed by atoms with Crippen molar-refractivity contribution in [2.45, 2.75) is 32.8 Å². The lowest BCUT2D eigenvalue weighted by molar-refractivity contribution is 0.0729. The van der Waals surface area contributed by atoms with Gasteiger partial charge in [0.05, 0.1) is 24.3 Å². The van der Waals surface area contributed by atoms with Crippen LogP contribution in [0.1, 0.15) is 47.8 Å². The monoisotopic (exact) mass is 415 g/mol. The first-order valence-electron chi connectivity index (χ1n) is 9.93. The number of benzene rings is 3. The van der Waals surface area contributed by atoms with Crippen LogP contribution in [-0.4, -0.2) is 13.1 Å². The minimum atomic E-state index is -0.506. The normalized spacial score (nSPS) is 10.8. The van der Waals surface area contributed by atoms with Crippen LogP contribution in [0.2, 0.25) is 0 Å². The number of carbonyl (C=O) groups excluding carboxylic acids is 1. The van der Waals surface area contributed by atoms with Crippen LogP contribution in [0, 0.1) is 11.3 Å². The molecule has 158 valence electrons. The number of esters is 1. The molecule has 31 heavy (non-hydrogen) atoms. The van der Waals surface area contributed by atoms with E-state index < -0.39 is 5.97 Å². The summed E-state index contributed by atoms with van der Waals surface area (Å²) < 4.78 is 16.5. The van der Waals surface area contributed by atoms with E-state index >= 15 is 0 Å². The fraction of sp³-hybridized carbons (Fsp3) is 0.231. The Morgan fingerprint density at radius 2 is 1.61 bits per heavy atom. The van der Waals surface area contributed by atoms with E-state index in [1.165, 1.54) is 18.7 Å². The average Bonchev–Trinajstić information content (AvgIpc) is 2.78. The molecule has 0 atom stereocenters. The number of hydrogen-bond donors (Lipinski definition) is 0. The van der Waals surface area contributed by atoms with Crippen molar-refractivity contribution in [1.82, 2.24) is 0 Å². The maximum absolute atomic E-state index is 12.5. The van der Waals surface area contributed by atoms with Crippen molar-refractivity contribution in [3.63, 3.8) is 0 Å². The first kappa shape index (κ1) is 21.9. The predicted octanol–water partition coefficient (Wildman–Crippen LogP) is 5.66. The molecule has 0 aliphatic heterocycles. The fourth-order valence-electron chi connectivity index (χ4n) is 2.94. The molecule has 0 unspecified atom stereocenters. The Hall–Kier alpha value is -3.78. The lowest BCUT2D eigenvalue weighted by Gasteiger charge is -2.19. The van der Waals surface area contributed by atoms with Crippen LogP contribution < -0.4 is 14.2 Å². The lowest BCUT2D eigenvalue weighted by Crippen LogP contribution is -2.10. The summed E-state index contributed by atoms with van der Waals surface area (Å²) in [5, 5.41) is 8.97. The number of methoxy groups -OCH3 is 1. The van der Waals surface area contributed by atoms with E-state index in [0.29, 0.717) is 23.5 Å². The summed E-state index contributed by atoms with van der Waals surface area (Å²) >= 11 is 0. The molecule has 0 radical (unpaired) electrons. The van der Waals surface area contributed by atoms with Gasteiger partial charge in [-0.3, -0.25) is 0 Å². The quantitative estimate of drug-likeness (QED) is 0.384. The highest BCUT2D eigenvalue weighted by Gasteiger charge is 2.14. The number of rotatable bonds is 6. The molecule has 5 nitrogen and oxygen atoms in total. The summed E-state index contributed by atoms with van der Waals surface area (Å²) in [6, 6.07) is 21.8. The van der Waals surface area contributed by atoms with Crippen molar-refractivity contribution in [3.05, 3.63) is 89.0 Å². The molecule has 0 N–H and O–H groups in total. The van der Waals surface area contributed by atoms with Gasteiger partial charge < -0.3 is 14.2 Å². The molecule has 0 heterocycles. The van der Waals surface area contributed by atoms with Gasteiger partial charge in [-0.25, -0.2) is 4.79 Å². The molecular weight excluding hydrogens is 390 g/mol. The fourth-order valence-corrected chi connectivity index (χ4v) is 2.94. The van der Waals surface area contributed by atoms with Crippen molar-refractivity contribution < 1.29 is 19.0 Å². The van der Waals surface area contributed by atoms with E-state index in [-0.39, 0.29) is 11.2 Å². The molecule has 5 heteroatoms. The third-order valence-electron chi connectivity index (χ3n) is 4.81. The zero-order valence-electron chi connectivity index (χ0n) is 18.1. The van der Waals surface area contributed by atoms with Crippen molar-refractivity contribution in [3.8, 4) is 23.3 Å². The summed E-state index contributed by atoms with van der Waals surface area (Å²) in [5.74, 6) is 0.880. The first-order chi connectivity index (χ1) is 14.8. The second-order valence-electron chi connectivity index (χ2n) is 8.13. The summed E-state index contributed by atoms with van der Waals surface area (Å²) in [5.41, 5.74) is 3.12. The SMILES string of the molecule is COc1cc(C#N)ccc1OC(=O)c1ccc(COc2ccc(C(C)(C)C)cc2)cc1. The molecule has 0 saturated carbocycles. The van der Waals surface area contributed by atoms with Crippen LogP contribution in [0.5, 0.6) is 17.2 Å². The number of nitriles is 1. The predicted molar refractivity (Wildman–Crippen MR) is 119 cm³/mol. The lowest BCUT2D eigenvalue weighted by atomic mass is 9.87. The van der Waals surface area contributed by atoms with E-state index in [2.05, 4.69) is 32.9 Å². The Kier molecular flexibility index (Phi) is 6.61. The van der Waals surface area contributed by atoms with Crippen LogP contribution in [-0.2, 0) is 12.0 Å². The Labute approximate surface area is 182 Å². The van der Waals surface area contributed by atoms with Crippen LogP contribution in [0.3, 0.4) is 0 Å². The van der Waals surface area contributed by atoms with Crippen molar-refractivity contribution in [2.75, 3.05) is 7.11 Å². The maximum Gasteiger partial charge on any atom is 0.343 e. The molecule has 0 saturated heterocycles. The van der Waals surface area contributed by atoms with Crippen molar-refractivity contribution in [2.24, 2.45) is 0 Å². The Morgan fingerprint density at radius 1 is 0.935 bits per heavy atom. The zero-order valence-corrected chi connectivity index (χ0v) is 18.1. The molecule has 0 aliphatic rings. The third-order valence-corrected chi connectivity index (χ3v) is 4.81. The van der Waals surface area contributed by atoms with E-state index in [1.807, 2.05) is 30.3 Å². The van der Waals surface area contributed by atoms with Gasteiger partial charge in [0, 0.05) is 6.07 Å². The maximum atomic E-state index is 12.5. The van der Waals surface area contributed by atoms with Crippen LogP contribution in [0.25, 0.3) is 0 Å². The van der Waals surface area contributed by atoms with Gasteiger partial charge >= 0.3 is 5.97 Å².